The molecule has 2 aliphatic carbocycles. The number of hydrogen-bond donors (Lipinski definition) is 2. The Morgan fingerprint density at radius 3 is 2.58 bits per heavy atom. The predicted molar refractivity (Wildman–Crippen MR) is 133 cm³/mol. The number of sulfone groups is 1. The van der Waals surface area contributed by atoms with Crippen LogP contribution in [0.5, 0.6) is 5.75 Å². The van der Waals surface area contributed by atoms with Gasteiger partial charge in [-0.05, 0) is 49.4 Å². The summed E-state index contributed by atoms with van der Waals surface area (Å²) in [5.41, 5.74) is 7.20. The maximum Gasteiger partial charge on any atom is 0.263 e. The maximum absolute atomic E-state index is 13.1. The molecule has 11 heteroatoms. The number of anilines is 1. The minimum absolute atomic E-state index is 0.0224. The van der Waals surface area contributed by atoms with E-state index >= 15 is 0 Å². The topological polar surface area (TPSA) is 157 Å². The first-order chi connectivity index (χ1) is 17.1. The van der Waals surface area contributed by atoms with E-state index in [1.165, 1.54) is 23.7 Å². The molecule has 1 amide bonds. The molecule has 3 N–H and O–H groups in total. The summed E-state index contributed by atoms with van der Waals surface area (Å²) in [4.78, 5) is 30.2. The van der Waals surface area contributed by atoms with Crippen molar-refractivity contribution in [3.05, 3.63) is 63.4 Å². The Bertz CT molecular complexity index is 1580. The van der Waals surface area contributed by atoms with Crippen molar-refractivity contribution in [1.82, 2.24) is 14.9 Å². The number of benzene rings is 1. The molecule has 3 aromatic rings. The summed E-state index contributed by atoms with van der Waals surface area (Å²) in [5, 5.41) is 11.3. The number of amides is 1. The smallest absolute Gasteiger partial charge is 0.263 e. The standard InChI is InChI=1S/C25H25N5O5S/c1-30-22-19(10-18(24(30)32)23(31)28-13-16-4-2-15(12-26)3-5-16)29-21(27)11-20(22)35-14-25(8-9-25)36(33,34)17-6-7-17/h2-5,10-11,17H,6-9,13-14H2,1H3,(H2,27,29)(H,28,31). The van der Waals surface area contributed by atoms with Gasteiger partial charge in [0.2, 0.25) is 0 Å². The van der Waals surface area contributed by atoms with Gasteiger partial charge in [-0.2, -0.15) is 5.26 Å². The van der Waals surface area contributed by atoms with Crippen LogP contribution in [0.4, 0.5) is 5.82 Å². The summed E-state index contributed by atoms with van der Waals surface area (Å²) < 4.78 is 32.0. The first-order valence-corrected chi connectivity index (χ1v) is 13.1. The number of nitrogens with two attached hydrogens (primary N) is 1. The van der Waals surface area contributed by atoms with Crippen molar-refractivity contribution >= 4 is 32.6 Å². The fraction of sp³-hybridized carbons (Fsp3) is 0.360. The van der Waals surface area contributed by atoms with Crippen LogP contribution in [0, 0.1) is 11.3 Å². The number of hydrogen-bond acceptors (Lipinski definition) is 8. The lowest BCUT2D eigenvalue weighted by Gasteiger charge is -2.19. The molecule has 36 heavy (non-hydrogen) atoms. The van der Waals surface area contributed by atoms with Gasteiger partial charge in [-0.1, -0.05) is 12.1 Å². The lowest BCUT2D eigenvalue weighted by molar-refractivity contribution is 0.0949. The summed E-state index contributed by atoms with van der Waals surface area (Å²) in [6, 6.07) is 11.6. The molecule has 0 aliphatic heterocycles. The quantitative estimate of drug-likeness (QED) is 0.467. The summed E-state index contributed by atoms with van der Waals surface area (Å²) >= 11 is 0. The van der Waals surface area contributed by atoms with E-state index in [0.717, 1.165) is 5.56 Å². The number of aromatic nitrogens is 2. The van der Waals surface area contributed by atoms with E-state index in [1.807, 2.05) is 6.07 Å². The molecule has 2 saturated carbocycles. The molecule has 2 aliphatic rings. The van der Waals surface area contributed by atoms with E-state index in [4.69, 9.17) is 15.7 Å². The number of nitrogens with one attached hydrogen (secondary N) is 1. The molecule has 5 rings (SSSR count). The normalized spacial score (nSPS) is 16.3. The monoisotopic (exact) mass is 507 g/mol. The molecule has 0 unspecified atom stereocenters. The highest BCUT2D eigenvalue weighted by atomic mass is 32.2. The largest absolute Gasteiger partial charge is 0.490 e. The fourth-order valence-electron chi connectivity index (χ4n) is 4.31. The number of ether oxygens (including phenoxy) is 1. The Hall–Kier alpha value is -3.91. The molecule has 0 spiro atoms. The number of nitrogen functional groups attached to an aromatic ring is 1. The summed E-state index contributed by atoms with van der Waals surface area (Å²) in [6.45, 7) is 0.146. The Labute approximate surface area is 207 Å². The molecule has 0 saturated heterocycles. The van der Waals surface area contributed by atoms with Crippen LogP contribution in [0.15, 0.2) is 41.2 Å². The number of pyridine rings is 2. The Kier molecular flexibility index (Phi) is 5.71. The highest BCUT2D eigenvalue weighted by Crippen LogP contribution is 2.50. The van der Waals surface area contributed by atoms with Gasteiger partial charge in [-0.3, -0.25) is 9.59 Å². The summed E-state index contributed by atoms with van der Waals surface area (Å²) in [6.07, 6.45) is 2.49. The second-order valence-electron chi connectivity index (χ2n) is 9.41. The van der Waals surface area contributed by atoms with E-state index < -0.39 is 26.1 Å². The number of carbonyl (C=O) groups excluding carboxylic acids is 1. The third-order valence-electron chi connectivity index (χ3n) is 6.80. The SMILES string of the molecule is Cn1c(=O)c(C(=O)NCc2ccc(C#N)cc2)cc2nc(N)cc(OCC3(S(=O)(=O)C4CC4)CC3)c21. The first kappa shape index (κ1) is 23.8. The lowest BCUT2D eigenvalue weighted by Crippen LogP contribution is -2.34. The zero-order valence-electron chi connectivity index (χ0n) is 19.7. The maximum atomic E-state index is 13.1. The number of rotatable bonds is 8. The van der Waals surface area contributed by atoms with Crippen LogP contribution in [0.25, 0.3) is 11.0 Å². The van der Waals surface area contributed by atoms with E-state index in [-0.39, 0.29) is 41.0 Å². The average molecular weight is 508 g/mol. The van der Waals surface area contributed by atoms with Crippen LogP contribution >= 0.6 is 0 Å². The molecule has 0 atom stereocenters. The van der Waals surface area contributed by atoms with E-state index in [9.17, 15) is 18.0 Å². The van der Waals surface area contributed by atoms with Crippen molar-refractivity contribution in [1.29, 1.82) is 5.26 Å². The van der Waals surface area contributed by atoms with Crippen molar-refractivity contribution in [2.75, 3.05) is 12.3 Å². The van der Waals surface area contributed by atoms with E-state index in [1.54, 1.807) is 24.3 Å². The van der Waals surface area contributed by atoms with Crippen molar-refractivity contribution in [2.24, 2.45) is 7.05 Å². The Balaban J connectivity index is 1.41. The third-order valence-corrected chi connectivity index (χ3v) is 9.88. The van der Waals surface area contributed by atoms with Gasteiger partial charge in [0.25, 0.3) is 11.5 Å². The number of aryl methyl sites for hydroxylation is 1. The average Bonchev–Trinajstić information content (AvgIpc) is 3.77. The van der Waals surface area contributed by atoms with Gasteiger partial charge in [0.1, 0.15) is 34.0 Å². The van der Waals surface area contributed by atoms with Crippen LogP contribution < -0.4 is 21.3 Å². The lowest BCUT2D eigenvalue weighted by atomic mass is 10.1. The molecule has 2 heterocycles. The number of nitriles is 1. The van der Waals surface area contributed by atoms with Gasteiger partial charge in [-0.15, -0.1) is 0 Å². The predicted octanol–water partition coefficient (Wildman–Crippen LogP) is 1.81. The zero-order valence-corrected chi connectivity index (χ0v) is 20.5. The highest BCUT2D eigenvalue weighted by molar-refractivity contribution is 7.94. The molecule has 0 bridgehead atoms. The van der Waals surface area contributed by atoms with Gasteiger partial charge >= 0.3 is 0 Å². The highest BCUT2D eigenvalue weighted by Gasteiger charge is 2.60. The van der Waals surface area contributed by atoms with Gasteiger partial charge in [0.15, 0.2) is 9.84 Å². The molecule has 10 nitrogen and oxygen atoms in total. The molecule has 0 radical (unpaired) electrons. The van der Waals surface area contributed by atoms with Crippen LogP contribution in [0.3, 0.4) is 0 Å². The minimum Gasteiger partial charge on any atom is -0.490 e. The van der Waals surface area contributed by atoms with E-state index in [2.05, 4.69) is 10.3 Å². The van der Waals surface area contributed by atoms with Crippen LogP contribution in [-0.4, -0.2) is 40.5 Å². The summed E-state index contributed by atoms with van der Waals surface area (Å²) in [7, 11) is -1.77. The molecule has 2 aromatic heterocycles. The minimum atomic E-state index is -3.27. The Morgan fingerprint density at radius 2 is 1.97 bits per heavy atom. The number of nitrogens with zero attached hydrogens (tertiary/aromatic N) is 3. The third kappa shape index (κ3) is 4.18. The van der Waals surface area contributed by atoms with Gasteiger partial charge in [0, 0.05) is 19.7 Å². The van der Waals surface area contributed by atoms with Crippen LogP contribution in [0.1, 0.15) is 47.2 Å². The van der Waals surface area contributed by atoms with Crippen molar-refractivity contribution < 1.29 is 17.9 Å². The first-order valence-electron chi connectivity index (χ1n) is 11.6. The van der Waals surface area contributed by atoms with Crippen molar-refractivity contribution in [3.63, 3.8) is 0 Å². The van der Waals surface area contributed by atoms with Gasteiger partial charge in [-0.25, -0.2) is 13.4 Å². The molecule has 186 valence electrons. The van der Waals surface area contributed by atoms with E-state index in [0.29, 0.717) is 36.8 Å². The molecular weight excluding hydrogens is 482 g/mol. The van der Waals surface area contributed by atoms with Gasteiger partial charge in [0.05, 0.1) is 22.4 Å². The van der Waals surface area contributed by atoms with Crippen LogP contribution in [0.2, 0.25) is 0 Å². The van der Waals surface area contributed by atoms with Crippen molar-refractivity contribution in [2.45, 2.75) is 42.2 Å². The molecule has 1 aromatic carbocycles. The van der Waals surface area contributed by atoms with Crippen molar-refractivity contribution in [3.8, 4) is 11.8 Å². The second kappa shape index (κ2) is 8.64. The Morgan fingerprint density at radius 1 is 1.28 bits per heavy atom. The van der Waals surface area contributed by atoms with Gasteiger partial charge < -0.3 is 20.4 Å². The second-order valence-corrected chi connectivity index (χ2v) is 12.0. The number of fused-ring (bicyclic) bond motifs is 1. The summed E-state index contributed by atoms with van der Waals surface area (Å²) in [5.74, 6) is -0.213. The number of carbonyl (C=O) groups is 1. The molecular formula is C25H25N5O5S. The molecule has 2 fully saturated rings. The zero-order chi connectivity index (χ0) is 25.7. The van der Waals surface area contributed by atoms with Crippen LogP contribution in [-0.2, 0) is 23.4 Å². The fourth-order valence-corrected chi connectivity index (χ4v) is 6.67.